The van der Waals surface area contributed by atoms with Crippen LogP contribution < -0.4 is 0 Å². The van der Waals surface area contributed by atoms with Gasteiger partial charge >= 0.3 is 0 Å². The van der Waals surface area contributed by atoms with Crippen molar-refractivity contribution in [3.05, 3.63) is 48.5 Å². The number of nitrogens with one attached hydrogen (secondary N) is 3. The summed E-state index contributed by atoms with van der Waals surface area (Å²) in [5.74, 6) is 0.564. The first-order valence-electron chi connectivity index (χ1n) is 7.18. The van der Waals surface area contributed by atoms with E-state index in [-0.39, 0.29) is 0 Å². The van der Waals surface area contributed by atoms with Gasteiger partial charge in [0.1, 0.15) is 5.69 Å². The fraction of sp³-hybridized carbons (Fsp3) is 0. The van der Waals surface area contributed by atoms with Gasteiger partial charge in [0, 0.05) is 21.9 Å². The minimum Gasteiger partial charge on any atom is -0.353 e. The van der Waals surface area contributed by atoms with Gasteiger partial charge in [0.25, 0.3) is 0 Å². The maximum absolute atomic E-state index is 4.46. The quantitative estimate of drug-likeness (QED) is 0.467. The summed E-state index contributed by atoms with van der Waals surface area (Å²) < 4.78 is 0. The third kappa shape index (κ3) is 1.83. The molecule has 23 heavy (non-hydrogen) atoms. The zero-order valence-corrected chi connectivity index (χ0v) is 11.9. The summed E-state index contributed by atoms with van der Waals surface area (Å²) in [4.78, 5) is 3.41. The molecule has 7 heteroatoms. The van der Waals surface area contributed by atoms with Crippen molar-refractivity contribution in [1.29, 1.82) is 0 Å². The summed E-state index contributed by atoms with van der Waals surface area (Å²) in [6, 6.07) is 16.3. The number of benzene rings is 2. The van der Waals surface area contributed by atoms with E-state index in [1.165, 1.54) is 5.39 Å². The van der Waals surface area contributed by atoms with Crippen LogP contribution in [-0.2, 0) is 0 Å². The summed E-state index contributed by atoms with van der Waals surface area (Å²) in [5, 5.41) is 23.8. The van der Waals surface area contributed by atoms with Gasteiger partial charge in [-0.15, -0.1) is 10.2 Å². The standard InChI is InChI=1S/C16H11N7/c1-2-4-12-9(3-1)7-14(17-12)15-11-6-5-10(8-13(11)18-19-15)16-20-22-23-21-16/h1-8,17H,(H,18,19)(H,20,21,22,23). The second-order valence-electron chi connectivity index (χ2n) is 5.34. The first-order valence-corrected chi connectivity index (χ1v) is 7.18. The second-order valence-corrected chi connectivity index (χ2v) is 5.34. The van der Waals surface area contributed by atoms with E-state index >= 15 is 0 Å². The molecule has 0 saturated carbocycles. The number of fused-ring (bicyclic) bond motifs is 2. The largest absolute Gasteiger partial charge is 0.353 e. The number of aromatic amines is 3. The lowest BCUT2D eigenvalue weighted by molar-refractivity contribution is 0.881. The fourth-order valence-electron chi connectivity index (χ4n) is 2.85. The molecule has 0 unspecified atom stereocenters. The lowest BCUT2D eigenvalue weighted by Gasteiger charge is -1.96. The molecule has 0 aliphatic rings. The lowest BCUT2D eigenvalue weighted by Crippen LogP contribution is -1.81. The van der Waals surface area contributed by atoms with Gasteiger partial charge in [0.05, 0.1) is 11.2 Å². The van der Waals surface area contributed by atoms with Gasteiger partial charge in [0.2, 0.25) is 5.82 Å². The smallest absolute Gasteiger partial charge is 0.204 e. The van der Waals surface area contributed by atoms with E-state index in [2.05, 4.69) is 54.0 Å². The van der Waals surface area contributed by atoms with Crippen LogP contribution in [0.5, 0.6) is 0 Å². The van der Waals surface area contributed by atoms with E-state index in [1.54, 1.807) is 0 Å². The maximum atomic E-state index is 4.46. The van der Waals surface area contributed by atoms with Gasteiger partial charge in [-0.1, -0.05) is 24.3 Å². The van der Waals surface area contributed by atoms with Crippen LogP contribution in [0.2, 0.25) is 0 Å². The highest BCUT2D eigenvalue weighted by Gasteiger charge is 2.12. The zero-order chi connectivity index (χ0) is 15.2. The number of H-pyrrole nitrogens is 3. The van der Waals surface area contributed by atoms with Crippen LogP contribution >= 0.6 is 0 Å². The first-order chi connectivity index (χ1) is 11.4. The van der Waals surface area contributed by atoms with Crippen molar-refractivity contribution in [2.45, 2.75) is 0 Å². The monoisotopic (exact) mass is 301 g/mol. The van der Waals surface area contributed by atoms with Crippen LogP contribution in [0.3, 0.4) is 0 Å². The number of tetrazole rings is 1. The molecule has 2 aromatic carbocycles. The van der Waals surface area contributed by atoms with Crippen LogP contribution in [0.15, 0.2) is 48.5 Å². The van der Waals surface area contributed by atoms with E-state index in [0.29, 0.717) is 5.82 Å². The number of para-hydroxylation sites is 1. The van der Waals surface area contributed by atoms with Gasteiger partial charge in [-0.25, -0.2) is 0 Å². The molecule has 0 radical (unpaired) electrons. The Bertz CT molecular complexity index is 1080. The van der Waals surface area contributed by atoms with E-state index in [4.69, 9.17) is 0 Å². The molecule has 0 saturated heterocycles. The fourth-order valence-corrected chi connectivity index (χ4v) is 2.85. The first kappa shape index (κ1) is 12.1. The lowest BCUT2D eigenvalue weighted by atomic mass is 10.1. The van der Waals surface area contributed by atoms with E-state index in [1.807, 2.05) is 30.3 Å². The van der Waals surface area contributed by atoms with Crippen molar-refractivity contribution in [2.24, 2.45) is 0 Å². The Morgan fingerprint density at radius 1 is 0.870 bits per heavy atom. The van der Waals surface area contributed by atoms with Crippen LogP contribution in [0.25, 0.3) is 44.6 Å². The summed E-state index contributed by atoms with van der Waals surface area (Å²) in [5.41, 5.74) is 4.81. The number of rotatable bonds is 2. The molecule has 0 aliphatic carbocycles. The predicted octanol–water partition coefficient (Wildman–Crippen LogP) is 2.89. The molecule has 7 nitrogen and oxygen atoms in total. The number of aromatic nitrogens is 7. The van der Waals surface area contributed by atoms with Crippen molar-refractivity contribution in [1.82, 2.24) is 35.8 Å². The molecule has 0 fully saturated rings. The second kappa shape index (κ2) is 4.51. The normalized spacial score (nSPS) is 11.5. The molecule has 0 spiro atoms. The molecule has 5 aromatic rings. The highest BCUT2D eigenvalue weighted by Crippen LogP contribution is 2.30. The Hall–Kier alpha value is -3.48. The van der Waals surface area contributed by atoms with E-state index in [0.717, 1.165) is 33.4 Å². The Balaban J connectivity index is 1.67. The van der Waals surface area contributed by atoms with E-state index in [9.17, 15) is 0 Å². The molecule has 5 rings (SSSR count). The Morgan fingerprint density at radius 2 is 1.83 bits per heavy atom. The highest BCUT2D eigenvalue weighted by atomic mass is 15.5. The third-order valence-corrected chi connectivity index (χ3v) is 3.95. The van der Waals surface area contributed by atoms with Gasteiger partial charge in [0.15, 0.2) is 0 Å². The van der Waals surface area contributed by atoms with Gasteiger partial charge in [-0.2, -0.15) is 10.3 Å². The SMILES string of the molecule is c1ccc2[nH]c(-c3n[nH]c4cc(-c5nn[nH]n5)ccc34)cc2c1. The van der Waals surface area contributed by atoms with Crippen LogP contribution in [0.4, 0.5) is 0 Å². The Morgan fingerprint density at radius 3 is 2.70 bits per heavy atom. The Kier molecular flexibility index (Phi) is 2.37. The Labute approximate surface area is 129 Å². The number of nitrogens with zero attached hydrogens (tertiary/aromatic N) is 4. The summed E-state index contributed by atoms with van der Waals surface area (Å²) in [6.07, 6.45) is 0. The molecular formula is C16H11N7. The van der Waals surface area contributed by atoms with Crippen molar-refractivity contribution < 1.29 is 0 Å². The molecule has 3 N–H and O–H groups in total. The molecule has 110 valence electrons. The summed E-state index contributed by atoms with van der Waals surface area (Å²) >= 11 is 0. The maximum Gasteiger partial charge on any atom is 0.204 e. The molecule has 0 bridgehead atoms. The third-order valence-electron chi connectivity index (χ3n) is 3.95. The van der Waals surface area contributed by atoms with Crippen LogP contribution in [-0.4, -0.2) is 35.8 Å². The van der Waals surface area contributed by atoms with E-state index < -0.39 is 0 Å². The van der Waals surface area contributed by atoms with Crippen molar-refractivity contribution in [2.75, 3.05) is 0 Å². The molecule has 3 aromatic heterocycles. The highest BCUT2D eigenvalue weighted by molar-refractivity contribution is 5.96. The number of hydrogen-bond acceptors (Lipinski definition) is 4. The van der Waals surface area contributed by atoms with Crippen LogP contribution in [0, 0.1) is 0 Å². The van der Waals surface area contributed by atoms with Crippen molar-refractivity contribution in [3.8, 4) is 22.8 Å². The topological polar surface area (TPSA) is 98.9 Å². The average molecular weight is 301 g/mol. The minimum absolute atomic E-state index is 0.564. The molecule has 0 aliphatic heterocycles. The van der Waals surface area contributed by atoms with Gasteiger partial charge in [-0.05, 0) is 29.5 Å². The minimum atomic E-state index is 0.564. The predicted molar refractivity (Wildman–Crippen MR) is 86.6 cm³/mol. The molecule has 0 amide bonds. The molecule has 3 heterocycles. The zero-order valence-electron chi connectivity index (χ0n) is 11.9. The van der Waals surface area contributed by atoms with Gasteiger partial charge < -0.3 is 4.98 Å². The summed E-state index contributed by atoms with van der Waals surface area (Å²) in [6.45, 7) is 0. The number of hydrogen-bond donors (Lipinski definition) is 3. The molecule has 0 atom stereocenters. The van der Waals surface area contributed by atoms with Crippen molar-refractivity contribution in [3.63, 3.8) is 0 Å². The molecular weight excluding hydrogens is 290 g/mol. The summed E-state index contributed by atoms with van der Waals surface area (Å²) in [7, 11) is 0. The van der Waals surface area contributed by atoms with Crippen molar-refractivity contribution >= 4 is 21.8 Å². The van der Waals surface area contributed by atoms with Crippen LogP contribution in [0.1, 0.15) is 0 Å². The average Bonchev–Trinajstić information content (AvgIpc) is 3.32. The van der Waals surface area contributed by atoms with Gasteiger partial charge in [-0.3, -0.25) is 5.10 Å².